The van der Waals surface area contributed by atoms with E-state index in [-0.39, 0.29) is 28.0 Å². The van der Waals surface area contributed by atoms with Crippen LogP contribution >= 0.6 is 11.6 Å². The van der Waals surface area contributed by atoms with Crippen molar-refractivity contribution >= 4 is 29.2 Å². The fraction of sp³-hybridized carbons (Fsp3) is 0.444. The number of aromatic nitrogens is 3. The molecular formula is C18H19ClF4N6O2. The van der Waals surface area contributed by atoms with Gasteiger partial charge in [0.25, 0.3) is 11.9 Å². The van der Waals surface area contributed by atoms with Crippen molar-refractivity contribution in [3.8, 4) is 0 Å². The van der Waals surface area contributed by atoms with Crippen LogP contribution in [0.3, 0.4) is 0 Å². The number of alkyl halides is 3. The molecule has 0 aliphatic carbocycles. The highest BCUT2D eigenvalue weighted by Gasteiger charge is 2.50. The van der Waals surface area contributed by atoms with Gasteiger partial charge in [0.2, 0.25) is 5.95 Å². The van der Waals surface area contributed by atoms with Crippen LogP contribution < -0.4 is 11.1 Å². The van der Waals surface area contributed by atoms with Gasteiger partial charge in [0, 0.05) is 24.2 Å². The SMILES string of the molecule is CC(C)n1cc(Cl)c(C(=O)Nc2cnc(F)c(C3(C)CC(C(F)(F)F)OC(N)=N3)c2)n1. The predicted octanol–water partition coefficient (Wildman–Crippen LogP) is 3.78. The van der Waals surface area contributed by atoms with E-state index in [0.29, 0.717) is 0 Å². The summed E-state index contributed by atoms with van der Waals surface area (Å²) in [4.78, 5) is 20.0. The summed E-state index contributed by atoms with van der Waals surface area (Å²) in [5.74, 6) is -1.75. The lowest BCUT2D eigenvalue weighted by molar-refractivity contribution is -0.208. The van der Waals surface area contributed by atoms with Crippen molar-refractivity contribution in [3.05, 3.63) is 40.7 Å². The van der Waals surface area contributed by atoms with Gasteiger partial charge >= 0.3 is 6.18 Å². The monoisotopic (exact) mass is 462 g/mol. The van der Waals surface area contributed by atoms with E-state index in [9.17, 15) is 22.4 Å². The normalized spacial score (nSPS) is 21.6. The van der Waals surface area contributed by atoms with E-state index >= 15 is 0 Å². The molecule has 2 aromatic rings. The van der Waals surface area contributed by atoms with Gasteiger partial charge in [-0.3, -0.25) is 9.48 Å². The van der Waals surface area contributed by atoms with Crippen LogP contribution in [0, 0.1) is 5.95 Å². The van der Waals surface area contributed by atoms with Crippen LogP contribution in [0.25, 0.3) is 0 Å². The lowest BCUT2D eigenvalue weighted by atomic mass is 9.86. The third kappa shape index (κ3) is 4.73. The fourth-order valence-corrected chi connectivity index (χ4v) is 3.31. The third-order valence-corrected chi connectivity index (χ3v) is 4.95. The van der Waals surface area contributed by atoms with Crippen LogP contribution in [0.1, 0.15) is 49.3 Å². The molecule has 1 amide bonds. The first kappa shape index (κ1) is 22.8. The number of hydrogen-bond donors (Lipinski definition) is 2. The number of halogens is 5. The van der Waals surface area contributed by atoms with Gasteiger partial charge in [-0.1, -0.05) is 11.6 Å². The minimum Gasteiger partial charge on any atom is -0.452 e. The maximum atomic E-state index is 14.5. The van der Waals surface area contributed by atoms with Crippen molar-refractivity contribution in [3.63, 3.8) is 0 Å². The van der Waals surface area contributed by atoms with E-state index in [0.717, 1.165) is 12.3 Å². The first-order chi connectivity index (χ1) is 14.3. The summed E-state index contributed by atoms with van der Waals surface area (Å²) in [6, 6.07) is 0.371. The number of carbonyl (C=O) groups excluding carboxylic acids is 1. The Bertz CT molecular complexity index is 1040. The molecule has 8 nitrogen and oxygen atoms in total. The number of nitrogens with one attached hydrogen (secondary N) is 1. The molecule has 0 spiro atoms. The lowest BCUT2D eigenvalue weighted by Gasteiger charge is -2.35. The zero-order valence-electron chi connectivity index (χ0n) is 16.7. The second-order valence-corrected chi connectivity index (χ2v) is 7.90. The van der Waals surface area contributed by atoms with E-state index in [2.05, 4.69) is 25.1 Å². The molecule has 2 atom stereocenters. The molecule has 13 heteroatoms. The Hall–Kier alpha value is -2.89. The second-order valence-electron chi connectivity index (χ2n) is 7.49. The summed E-state index contributed by atoms with van der Waals surface area (Å²) in [6.07, 6.45) is -5.23. The molecular weight excluding hydrogens is 444 g/mol. The highest BCUT2D eigenvalue weighted by atomic mass is 35.5. The zero-order valence-corrected chi connectivity index (χ0v) is 17.4. The molecule has 3 heterocycles. The number of anilines is 1. The highest BCUT2D eigenvalue weighted by molar-refractivity contribution is 6.34. The molecule has 1 aliphatic rings. The highest BCUT2D eigenvalue weighted by Crippen LogP contribution is 2.41. The van der Waals surface area contributed by atoms with E-state index in [4.69, 9.17) is 17.3 Å². The Balaban J connectivity index is 1.92. The Morgan fingerprint density at radius 1 is 1.45 bits per heavy atom. The van der Waals surface area contributed by atoms with E-state index < -0.39 is 42.1 Å². The molecule has 0 bridgehead atoms. The molecule has 0 aromatic carbocycles. The van der Waals surface area contributed by atoms with Gasteiger partial charge in [-0.25, -0.2) is 9.98 Å². The van der Waals surface area contributed by atoms with Gasteiger partial charge in [0.15, 0.2) is 11.8 Å². The Morgan fingerprint density at radius 3 is 2.71 bits per heavy atom. The first-order valence-electron chi connectivity index (χ1n) is 9.11. The van der Waals surface area contributed by atoms with Crippen LogP contribution in [0.2, 0.25) is 5.02 Å². The molecule has 0 saturated carbocycles. The van der Waals surface area contributed by atoms with Crippen molar-refractivity contribution in [1.29, 1.82) is 0 Å². The lowest BCUT2D eigenvalue weighted by Crippen LogP contribution is -2.46. The number of rotatable bonds is 4. The van der Waals surface area contributed by atoms with Crippen LogP contribution in [0.15, 0.2) is 23.5 Å². The van der Waals surface area contributed by atoms with Crippen molar-refractivity contribution < 1.29 is 27.1 Å². The summed E-state index contributed by atoms with van der Waals surface area (Å²) >= 11 is 6.05. The fourth-order valence-electron chi connectivity index (χ4n) is 3.09. The second kappa shape index (κ2) is 7.98. The topological polar surface area (TPSA) is 107 Å². The number of nitrogens with zero attached hydrogens (tertiary/aromatic N) is 4. The molecule has 0 fully saturated rings. The first-order valence-corrected chi connectivity index (χ1v) is 9.48. The molecule has 0 radical (unpaired) electrons. The Morgan fingerprint density at radius 2 is 2.13 bits per heavy atom. The number of hydrogen-bond acceptors (Lipinski definition) is 6. The average molecular weight is 463 g/mol. The summed E-state index contributed by atoms with van der Waals surface area (Å²) in [6.45, 7) is 4.96. The molecule has 168 valence electrons. The van der Waals surface area contributed by atoms with Crippen molar-refractivity contribution in [2.24, 2.45) is 10.7 Å². The minimum absolute atomic E-state index is 0.0154. The molecule has 3 rings (SSSR count). The number of pyridine rings is 1. The van der Waals surface area contributed by atoms with Crippen LogP contribution in [0.5, 0.6) is 0 Å². The van der Waals surface area contributed by atoms with Crippen molar-refractivity contribution in [1.82, 2.24) is 14.8 Å². The van der Waals surface area contributed by atoms with Gasteiger partial charge in [0.05, 0.1) is 22.4 Å². The molecule has 1 aliphatic heterocycles. The quantitative estimate of drug-likeness (QED) is 0.531. The molecule has 0 saturated heterocycles. The number of amidine groups is 1. The molecule has 31 heavy (non-hydrogen) atoms. The van der Waals surface area contributed by atoms with Crippen LogP contribution in [0.4, 0.5) is 23.2 Å². The van der Waals surface area contributed by atoms with Gasteiger partial charge in [-0.2, -0.15) is 22.7 Å². The van der Waals surface area contributed by atoms with Gasteiger partial charge < -0.3 is 15.8 Å². The standard InChI is InChI=1S/C18H19ClF4N6O2/c1-8(2)29-7-11(19)13(28-29)15(30)26-9-4-10(14(20)25-6-9)17(3)5-12(18(21,22)23)31-16(24)27-17/h4,6-8,12H,5H2,1-3H3,(H2,24,27)(H,26,30). The summed E-state index contributed by atoms with van der Waals surface area (Å²) in [7, 11) is 0. The summed E-state index contributed by atoms with van der Waals surface area (Å²) < 4.78 is 60.1. The predicted molar refractivity (Wildman–Crippen MR) is 104 cm³/mol. The maximum absolute atomic E-state index is 14.5. The summed E-state index contributed by atoms with van der Waals surface area (Å²) in [5.41, 5.74) is 3.34. The average Bonchev–Trinajstić information content (AvgIpc) is 3.04. The van der Waals surface area contributed by atoms with E-state index in [1.165, 1.54) is 17.8 Å². The Labute approximate surface area is 179 Å². The van der Waals surface area contributed by atoms with E-state index in [1.54, 1.807) is 0 Å². The number of nitrogens with two attached hydrogens (primary N) is 1. The molecule has 3 N–H and O–H groups in total. The number of ether oxygens (including phenoxy) is 1. The van der Waals surface area contributed by atoms with Gasteiger partial charge in [-0.15, -0.1) is 0 Å². The smallest absolute Gasteiger partial charge is 0.425 e. The zero-order chi connectivity index (χ0) is 23.1. The number of amides is 1. The number of aliphatic imine (C=N–C) groups is 1. The van der Waals surface area contributed by atoms with Gasteiger partial charge in [0.1, 0.15) is 0 Å². The van der Waals surface area contributed by atoms with Crippen LogP contribution in [-0.2, 0) is 10.3 Å². The largest absolute Gasteiger partial charge is 0.452 e. The molecule has 2 aromatic heterocycles. The van der Waals surface area contributed by atoms with Gasteiger partial charge in [-0.05, 0) is 26.8 Å². The van der Waals surface area contributed by atoms with Crippen LogP contribution in [-0.4, -0.2) is 39.0 Å². The Kier molecular flexibility index (Phi) is 5.87. The van der Waals surface area contributed by atoms with E-state index in [1.807, 2.05) is 13.8 Å². The minimum atomic E-state index is -4.73. The third-order valence-electron chi connectivity index (χ3n) is 4.68. The van der Waals surface area contributed by atoms with Crippen molar-refractivity contribution in [2.45, 2.75) is 51.1 Å². The summed E-state index contributed by atoms with van der Waals surface area (Å²) in [5, 5.41) is 6.66. The molecule has 2 unspecified atom stereocenters. The van der Waals surface area contributed by atoms with Crippen molar-refractivity contribution in [2.75, 3.05) is 5.32 Å². The maximum Gasteiger partial charge on any atom is 0.425 e. The number of carbonyl (C=O) groups is 1.